The third kappa shape index (κ3) is 11.5. The molecule has 14 heteroatoms. The molecule has 352 valence electrons. The van der Waals surface area contributed by atoms with Crippen LogP contribution >= 0.6 is 81.8 Å². The van der Waals surface area contributed by atoms with Gasteiger partial charge in [0.25, 0.3) is 0 Å². The molecule has 0 saturated carbocycles. The number of halogens is 6. The van der Waals surface area contributed by atoms with Gasteiger partial charge in [0.15, 0.2) is 5.69 Å². The summed E-state index contributed by atoms with van der Waals surface area (Å²) in [6.45, 7) is 7.22. The van der Waals surface area contributed by atoms with Gasteiger partial charge in [0.2, 0.25) is 5.91 Å². The van der Waals surface area contributed by atoms with Crippen LogP contribution in [0.3, 0.4) is 0 Å². The first-order valence-corrected chi connectivity index (χ1v) is 25.1. The Morgan fingerprint density at radius 1 is 0.485 bits per heavy atom. The molecule has 6 atom stereocenters. The summed E-state index contributed by atoms with van der Waals surface area (Å²) in [6, 6.07) is 36.3. The summed E-state index contributed by atoms with van der Waals surface area (Å²) in [5.41, 5.74) is 24.3. The van der Waals surface area contributed by atoms with E-state index in [4.69, 9.17) is 99.9 Å². The van der Waals surface area contributed by atoms with Gasteiger partial charge in [0.05, 0.1) is 36.7 Å². The van der Waals surface area contributed by atoms with E-state index in [1.54, 1.807) is 6.07 Å². The average Bonchev–Trinajstić information content (AvgIpc) is 3.35. The molecule has 1 amide bonds. The van der Waals surface area contributed by atoms with E-state index >= 15 is 0 Å². The van der Waals surface area contributed by atoms with Gasteiger partial charge in [0.1, 0.15) is 4.99 Å². The van der Waals surface area contributed by atoms with Crippen molar-refractivity contribution >= 4 is 98.4 Å². The van der Waals surface area contributed by atoms with Crippen LogP contribution in [0.4, 0.5) is 5.69 Å². The molecule has 0 fully saturated rings. The standard InChI is InChI=1S/C18H18Cl2N2O.C18H18Cl2N2S.C18H16Cl2N2/c2*1-22-17-7-5-12(10-3-6-15(19)16(20)9-10)13-4-2-11(18(21)23)8-14(13)17;1-21-12-4-5-14-13(6-8-18(22-2)15(14)10-12)11-3-7-16(19)17(20)9-11/h2*2-4,6,8-9,12,17,22H,5,7H2,1H3,(H2,21,23);3-5,7,9-10,13,18,22H,6,8H2,2H3/t2*12-,17-;13-,18-/m000/s1. The van der Waals surface area contributed by atoms with Gasteiger partial charge in [0, 0.05) is 47.0 Å². The number of carbonyl (C=O) groups is 1. The molecule has 6 aromatic rings. The number of nitrogens with zero attached hydrogens (tertiary/aromatic N) is 1. The van der Waals surface area contributed by atoms with Crippen molar-refractivity contribution in [2.24, 2.45) is 11.5 Å². The number of nitrogens with one attached hydrogen (secondary N) is 3. The summed E-state index contributed by atoms with van der Waals surface area (Å²) < 4.78 is 0. The summed E-state index contributed by atoms with van der Waals surface area (Å²) >= 11 is 41.8. The van der Waals surface area contributed by atoms with E-state index in [0.29, 0.717) is 70.3 Å². The summed E-state index contributed by atoms with van der Waals surface area (Å²) in [6.07, 6.45) is 6.19. The maximum atomic E-state index is 11.5. The second kappa shape index (κ2) is 23.1. The molecule has 9 rings (SSSR count). The molecule has 0 heterocycles. The quantitative estimate of drug-likeness (QED) is 0.0767. The van der Waals surface area contributed by atoms with Gasteiger partial charge in [-0.1, -0.05) is 136 Å². The van der Waals surface area contributed by atoms with Crippen LogP contribution in [0.1, 0.15) is 140 Å². The van der Waals surface area contributed by atoms with Gasteiger partial charge in [-0.25, -0.2) is 4.85 Å². The summed E-state index contributed by atoms with van der Waals surface area (Å²) in [7, 11) is 5.89. The van der Waals surface area contributed by atoms with Gasteiger partial charge in [-0.3, -0.25) is 4.79 Å². The van der Waals surface area contributed by atoms with Crippen LogP contribution in [-0.4, -0.2) is 32.0 Å². The second-order valence-corrected chi connectivity index (χ2v) is 20.2. The number of fused-ring (bicyclic) bond motifs is 3. The van der Waals surface area contributed by atoms with Gasteiger partial charge >= 0.3 is 0 Å². The topological polar surface area (TPSA) is 110 Å². The minimum absolute atomic E-state index is 0.225. The van der Waals surface area contributed by atoms with E-state index in [2.05, 4.69) is 45.1 Å². The van der Waals surface area contributed by atoms with Crippen molar-refractivity contribution in [3.05, 3.63) is 212 Å². The number of hydrogen-bond acceptors (Lipinski definition) is 5. The first kappa shape index (κ1) is 51.6. The fourth-order valence-electron chi connectivity index (χ4n) is 10.0. The Morgan fingerprint density at radius 2 is 0.838 bits per heavy atom. The lowest BCUT2D eigenvalue weighted by atomic mass is 9.76. The van der Waals surface area contributed by atoms with Gasteiger partial charge < -0.3 is 27.4 Å². The van der Waals surface area contributed by atoms with Crippen molar-refractivity contribution in [1.82, 2.24) is 16.0 Å². The van der Waals surface area contributed by atoms with E-state index in [1.165, 1.54) is 38.9 Å². The highest BCUT2D eigenvalue weighted by atomic mass is 35.5. The highest BCUT2D eigenvalue weighted by Gasteiger charge is 2.31. The highest BCUT2D eigenvalue weighted by molar-refractivity contribution is 7.80. The lowest BCUT2D eigenvalue weighted by Gasteiger charge is -2.32. The van der Waals surface area contributed by atoms with Crippen molar-refractivity contribution < 1.29 is 4.79 Å². The zero-order valence-electron chi connectivity index (χ0n) is 37.8. The van der Waals surface area contributed by atoms with E-state index < -0.39 is 5.91 Å². The van der Waals surface area contributed by atoms with Gasteiger partial charge in [-0.15, -0.1) is 0 Å². The number of hydrogen-bond donors (Lipinski definition) is 5. The number of benzene rings is 6. The Bertz CT molecular complexity index is 2760. The molecule has 3 aliphatic rings. The second-order valence-electron chi connectivity index (χ2n) is 17.3. The van der Waals surface area contributed by atoms with Crippen LogP contribution in [0, 0.1) is 6.57 Å². The van der Waals surface area contributed by atoms with E-state index in [0.717, 1.165) is 55.2 Å². The minimum Gasteiger partial charge on any atom is -0.389 e. The molecule has 68 heavy (non-hydrogen) atoms. The molecule has 0 spiro atoms. The van der Waals surface area contributed by atoms with Crippen LogP contribution in [0.25, 0.3) is 4.85 Å². The molecule has 3 aliphatic carbocycles. The predicted molar refractivity (Wildman–Crippen MR) is 288 cm³/mol. The highest BCUT2D eigenvalue weighted by Crippen LogP contribution is 2.46. The molecule has 0 bridgehead atoms. The predicted octanol–water partition coefficient (Wildman–Crippen LogP) is 14.8. The van der Waals surface area contributed by atoms with E-state index in [1.807, 2.05) is 100 Å². The fraction of sp³-hybridized carbons (Fsp3) is 0.278. The number of thiocarbonyl (C=S) groups is 1. The maximum absolute atomic E-state index is 11.5. The molecule has 0 aromatic heterocycles. The van der Waals surface area contributed by atoms with Crippen molar-refractivity contribution in [1.29, 1.82) is 0 Å². The first-order chi connectivity index (χ1) is 32.6. The Hall–Kier alpha value is -4.21. The zero-order valence-corrected chi connectivity index (χ0v) is 43.1. The van der Waals surface area contributed by atoms with Crippen LogP contribution in [0.5, 0.6) is 0 Å². The maximum Gasteiger partial charge on any atom is 0.248 e. The Kier molecular flexibility index (Phi) is 17.6. The molecular formula is C54H52Cl6N6OS. The molecular weight excluding hydrogens is 993 g/mol. The summed E-state index contributed by atoms with van der Waals surface area (Å²) in [5, 5.41) is 13.5. The van der Waals surface area contributed by atoms with E-state index in [9.17, 15) is 4.79 Å². The van der Waals surface area contributed by atoms with Gasteiger partial charge in [-0.2, -0.15) is 0 Å². The van der Waals surface area contributed by atoms with Crippen molar-refractivity contribution in [3.8, 4) is 0 Å². The number of rotatable bonds is 8. The van der Waals surface area contributed by atoms with Gasteiger partial charge in [-0.05, 0) is 164 Å². The molecule has 0 aliphatic heterocycles. The van der Waals surface area contributed by atoms with Crippen molar-refractivity contribution in [2.75, 3.05) is 21.1 Å². The first-order valence-electron chi connectivity index (χ1n) is 22.4. The molecule has 0 unspecified atom stereocenters. The minimum atomic E-state index is -0.403. The average molecular weight is 1050 g/mol. The lowest BCUT2D eigenvalue weighted by Crippen LogP contribution is -2.25. The molecule has 7 N–H and O–H groups in total. The third-order valence-electron chi connectivity index (χ3n) is 13.5. The van der Waals surface area contributed by atoms with Crippen molar-refractivity contribution in [3.63, 3.8) is 0 Å². The van der Waals surface area contributed by atoms with Crippen LogP contribution in [0.2, 0.25) is 30.1 Å². The van der Waals surface area contributed by atoms with Crippen LogP contribution < -0.4 is 27.4 Å². The SMILES string of the molecule is CN[C@H]1CC[C@@H](c2ccc(Cl)c(Cl)c2)c2ccc(C(N)=O)cc21.CN[C@H]1CC[C@@H](c2ccc(Cl)c(Cl)c2)c2ccc(C(N)=S)cc21.[C-]#[N+]c1ccc2c(c1)[C@@H](NC)CC[C@H]2c1ccc(Cl)c(Cl)c1. The molecule has 6 aromatic carbocycles. The normalized spacial score (nSPS) is 20.2. The Morgan fingerprint density at radius 3 is 1.18 bits per heavy atom. The Labute approximate surface area is 435 Å². The fourth-order valence-corrected chi connectivity index (χ4v) is 11.1. The molecule has 0 radical (unpaired) electrons. The monoisotopic (exact) mass is 1040 g/mol. The number of nitrogens with two attached hydrogens (primary N) is 2. The van der Waals surface area contributed by atoms with E-state index in [-0.39, 0.29) is 12.0 Å². The Balaban J connectivity index is 0.000000151. The number of amides is 1. The lowest BCUT2D eigenvalue weighted by molar-refractivity contribution is 0.1000. The molecule has 7 nitrogen and oxygen atoms in total. The third-order valence-corrected chi connectivity index (χ3v) is 16.0. The largest absolute Gasteiger partial charge is 0.389 e. The number of carbonyl (C=O) groups excluding carboxylic acids is 1. The smallest absolute Gasteiger partial charge is 0.248 e. The summed E-state index contributed by atoms with van der Waals surface area (Å²) in [5.74, 6) is 0.449. The zero-order chi connectivity index (χ0) is 48.8. The van der Waals surface area contributed by atoms with Crippen LogP contribution in [-0.2, 0) is 0 Å². The van der Waals surface area contributed by atoms with Crippen molar-refractivity contribution in [2.45, 2.75) is 74.4 Å². The number of primary amides is 1. The van der Waals surface area contributed by atoms with Crippen LogP contribution in [0.15, 0.2) is 109 Å². The summed E-state index contributed by atoms with van der Waals surface area (Å²) in [4.78, 5) is 15.5. The molecule has 0 saturated heterocycles.